The minimum Gasteiger partial charge on any atom is -0.512 e. The average molecular weight is 849 g/mol. The van der Waals surface area contributed by atoms with Gasteiger partial charge in [-0.05, 0) is 76.9 Å². The van der Waals surface area contributed by atoms with E-state index in [1.54, 1.807) is 0 Å². The van der Waals surface area contributed by atoms with Crippen molar-refractivity contribution in [3.05, 3.63) is 102 Å². The molecule has 3 heterocycles. The van der Waals surface area contributed by atoms with Gasteiger partial charge in [-0.25, -0.2) is 0 Å². The number of benzene rings is 3. The molecule has 1 aliphatic rings. The topological polar surface area (TPSA) is 63.3 Å². The molecule has 0 unspecified atom stereocenters. The molecule has 0 fully saturated rings. The van der Waals surface area contributed by atoms with Gasteiger partial charge in [0.15, 0.2) is 11.4 Å². The largest absolute Gasteiger partial charge is 0.512 e. The van der Waals surface area contributed by atoms with Crippen LogP contribution in [0.2, 0.25) is 0 Å². The van der Waals surface area contributed by atoms with Gasteiger partial charge in [0.2, 0.25) is 0 Å². The predicted octanol–water partition coefficient (Wildman–Crippen LogP) is 12.6. The SMILES string of the molecule is CC1(C)c2cc[c-]c(-c3ccc4oc5ccccc5c4n3)c2-c2sc3ccccc3c21.CCC(C)(CC)C(=O)/C=C(\O)C(C)(CC)CC.[Ir]. The van der Waals surface area contributed by atoms with Crippen LogP contribution in [0.4, 0.5) is 0 Å². The van der Waals surface area contributed by atoms with Gasteiger partial charge in [-0.3, -0.25) is 9.78 Å². The van der Waals surface area contributed by atoms with E-state index in [0.717, 1.165) is 59.0 Å². The number of aliphatic hydroxyl groups excluding tert-OH is 1. The first-order valence-electron chi connectivity index (χ1n) is 17.2. The standard InChI is InChI=1S/C28H18NOS.C15H28O2.Ir/c1-28(2)19-11-7-10-16(24(19)27-25(28)18-9-4-6-13-23(18)31-27)20-14-15-22-26(29-20)17-8-3-5-12-21(17)30-22;1-7-14(5,8-2)12(16)11-13(17)15(6,9-3)10-4;/h3-9,11-15H,1-2H3;11,16H,7-10H2,1-6H3;/q-1;;/b;12-11-;. The Kier molecular flexibility index (Phi) is 10.5. The Morgan fingerprint density at radius 2 is 1.51 bits per heavy atom. The second kappa shape index (κ2) is 14.0. The number of aliphatic hydroxyl groups is 1. The number of ketones is 1. The first-order chi connectivity index (χ1) is 22.9. The molecule has 0 saturated carbocycles. The molecule has 1 N–H and O–H groups in total. The number of hydrogen-bond acceptors (Lipinski definition) is 5. The van der Waals surface area contributed by atoms with Gasteiger partial charge in [0, 0.05) is 47.1 Å². The van der Waals surface area contributed by atoms with Crippen LogP contribution in [0, 0.1) is 16.9 Å². The van der Waals surface area contributed by atoms with Crippen molar-refractivity contribution < 1.29 is 34.4 Å². The van der Waals surface area contributed by atoms with Gasteiger partial charge in [0.25, 0.3) is 0 Å². The fourth-order valence-electron chi connectivity index (χ4n) is 6.85. The maximum atomic E-state index is 12.2. The van der Waals surface area contributed by atoms with Gasteiger partial charge in [0.05, 0.1) is 0 Å². The number of carbonyl (C=O) groups excluding carboxylic acids is 1. The van der Waals surface area contributed by atoms with Crippen LogP contribution in [0.15, 0.2) is 89.0 Å². The Morgan fingerprint density at radius 3 is 2.18 bits per heavy atom. The molecular formula is C43H46IrNO3S-. The molecule has 3 aromatic heterocycles. The van der Waals surface area contributed by atoms with E-state index in [9.17, 15) is 9.90 Å². The number of para-hydroxylation sites is 1. The van der Waals surface area contributed by atoms with E-state index in [-0.39, 0.29) is 47.9 Å². The minimum atomic E-state index is -0.337. The fourth-order valence-corrected chi connectivity index (χ4v) is 8.28. The Balaban J connectivity index is 0.000000226. The van der Waals surface area contributed by atoms with Gasteiger partial charge in [-0.1, -0.05) is 97.4 Å². The van der Waals surface area contributed by atoms with Crippen molar-refractivity contribution in [3.8, 4) is 21.7 Å². The van der Waals surface area contributed by atoms with E-state index in [0.29, 0.717) is 0 Å². The number of carbonyl (C=O) groups is 1. The Labute approximate surface area is 308 Å². The summed E-state index contributed by atoms with van der Waals surface area (Å²) >= 11 is 1.88. The number of thiophene rings is 1. The minimum absolute atomic E-state index is 0. The third-order valence-electron chi connectivity index (χ3n) is 11.2. The Morgan fingerprint density at radius 1 is 0.878 bits per heavy atom. The maximum absolute atomic E-state index is 12.2. The van der Waals surface area contributed by atoms with Crippen molar-refractivity contribution >= 4 is 49.3 Å². The van der Waals surface area contributed by atoms with E-state index in [4.69, 9.17) is 9.40 Å². The van der Waals surface area contributed by atoms with Gasteiger partial charge in [-0.15, -0.1) is 40.7 Å². The van der Waals surface area contributed by atoms with Crippen molar-refractivity contribution in [2.24, 2.45) is 10.8 Å². The van der Waals surface area contributed by atoms with Crippen LogP contribution in [-0.2, 0) is 30.3 Å². The summed E-state index contributed by atoms with van der Waals surface area (Å²) in [5.41, 5.74) is 8.02. The zero-order valence-corrected chi connectivity index (χ0v) is 33.0. The van der Waals surface area contributed by atoms with Gasteiger partial charge in [-0.2, -0.15) is 0 Å². The number of allylic oxidation sites excluding steroid dienone is 2. The number of hydrogen-bond donors (Lipinski definition) is 1. The third-order valence-corrected chi connectivity index (χ3v) is 12.4. The second-order valence-corrected chi connectivity index (χ2v) is 15.2. The maximum Gasteiger partial charge on any atom is 0.164 e. The van der Waals surface area contributed by atoms with Crippen LogP contribution >= 0.6 is 11.3 Å². The normalized spacial score (nSPS) is 13.9. The quantitative estimate of drug-likeness (QED) is 0.0941. The molecule has 0 atom stereocenters. The number of aromatic nitrogens is 1. The van der Waals surface area contributed by atoms with Crippen LogP contribution in [0.1, 0.15) is 92.2 Å². The van der Waals surface area contributed by atoms with Crippen LogP contribution in [-0.4, -0.2) is 15.9 Å². The predicted molar refractivity (Wildman–Crippen MR) is 202 cm³/mol. The monoisotopic (exact) mass is 849 g/mol. The van der Waals surface area contributed by atoms with Crippen LogP contribution < -0.4 is 0 Å². The number of nitrogens with zero attached hydrogens (tertiary/aromatic N) is 1. The Bertz CT molecular complexity index is 2180. The van der Waals surface area contributed by atoms with Crippen LogP contribution in [0.5, 0.6) is 0 Å². The third kappa shape index (κ3) is 6.22. The zero-order valence-electron chi connectivity index (χ0n) is 29.8. The van der Waals surface area contributed by atoms with Crippen LogP contribution in [0.3, 0.4) is 0 Å². The summed E-state index contributed by atoms with van der Waals surface area (Å²) in [5.74, 6) is 0.286. The number of rotatable bonds is 8. The van der Waals surface area contributed by atoms with Crippen molar-refractivity contribution in [2.45, 2.75) is 86.5 Å². The Hall–Kier alpha value is -3.57. The summed E-state index contributed by atoms with van der Waals surface area (Å²) in [4.78, 5) is 18.6. The van der Waals surface area contributed by atoms with Crippen molar-refractivity contribution in [1.82, 2.24) is 4.98 Å². The smallest absolute Gasteiger partial charge is 0.164 e. The summed E-state index contributed by atoms with van der Waals surface area (Å²) in [7, 11) is 0. The number of fused-ring (bicyclic) bond motifs is 8. The van der Waals surface area contributed by atoms with Gasteiger partial charge >= 0.3 is 0 Å². The molecule has 49 heavy (non-hydrogen) atoms. The second-order valence-electron chi connectivity index (χ2n) is 14.1. The molecule has 0 bridgehead atoms. The molecule has 0 spiro atoms. The van der Waals surface area contributed by atoms with E-state index in [1.165, 1.54) is 37.7 Å². The molecule has 6 aromatic rings. The molecule has 3 aromatic carbocycles. The van der Waals surface area contributed by atoms with E-state index in [2.05, 4.69) is 62.4 Å². The van der Waals surface area contributed by atoms with Crippen molar-refractivity contribution in [2.75, 3.05) is 0 Å². The van der Waals surface area contributed by atoms with Gasteiger partial charge < -0.3 is 9.52 Å². The first kappa shape index (κ1) is 36.7. The summed E-state index contributed by atoms with van der Waals surface area (Å²) in [5, 5.41) is 12.5. The van der Waals surface area contributed by atoms with E-state index in [1.807, 2.05) is 83.2 Å². The van der Waals surface area contributed by atoms with Gasteiger partial charge in [0.1, 0.15) is 16.9 Å². The molecular weight excluding hydrogens is 803 g/mol. The van der Waals surface area contributed by atoms with E-state index < -0.39 is 0 Å². The molecule has 0 amide bonds. The molecule has 0 aliphatic heterocycles. The van der Waals surface area contributed by atoms with E-state index >= 15 is 0 Å². The van der Waals surface area contributed by atoms with Crippen LogP contribution in [0.25, 0.3) is 53.9 Å². The fraction of sp³-hybridized carbons (Fsp3) is 0.349. The first-order valence-corrected chi connectivity index (χ1v) is 18.1. The summed E-state index contributed by atoms with van der Waals surface area (Å²) in [6, 6.07) is 28.7. The molecule has 4 nitrogen and oxygen atoms in total. The summed E-state index contributed by atoms with van der Waals surface area (Å²) in [6.07, 6.45) is 4.75. The summed E-state index contributed by atoms with van der Waals surface area (Å²) < 4.78 is 7.33. The molecule has 7 rings (SSSR count). The number of pyridine rings is 1. The molecule has 257 valence electrons. The summed E-state index contributed by atoms with van der Waals surface area (Å²) in [6.45, 7) is 16.8. The van der Waals surface area contributed by atoms with Crippen molar-refractivity contribution in [3.63, 3.8) is 0 Å². The average Bonchev–Trinajstić information content (AvgIpc) is 3.75. The zero-order chi connectivity index (χ0) is 34.4. The van der Waals surface area contributed by atoms with Crippen molar-refractivity contribution in [1.29, 1.82) is 0 Å². The molecule has 6 heteroatoms. The molecule has 1 aliphatic carbocycles. The molecule has 0 saturated heterocycles. The molecule has 1 radical (unpaired) electrons. The number of furan rings is 1.